The average Bonchev–Trinajstić information content (AvgIpc) is 2.33. The molecule has 0 rings (SSSR count). The monoisotopic (exact) mass is 268 g/mol. The van der Waals surface area contributed by atoms with E-state index in [1.54, 1.807) is 0 Å². The van der Waals surface area contributed by atoms with E-state index in [9.17, 15) is 14.4 Å². The van der Waals surface area contributed by atoms with Gasteiger partial charge in [-0.1, -0.05) is 18.6 Å². The van der Waals surface area contributed by atoms with Gasteiger partial charge in [0.25, 0.3) is 0 Å². The largest absolute Gasteiger partial charge is 0.454 e. The molecule has 0 radical (unpaired) electrons. The van der Waals surface area contributed by atoms with Crippen molar-refractivity contribution in [3.8, 4) is 0 Å². The molecule has 0 aliphatic heterocycles. The van der Waals surface area contributed by atoms with Crippen LogP contribution < -0.4 is 0 Å². The van der Waals surface area contributed by atoms with Crippen LogP contribution in [0.5, 0.6) is 0 Å². The summed E-state index contributed by atoms with van der Waals surface area (Å²) in [5.74, 6) is -0.487. The molecule has 0 fully saturated rings. The molecule has 0 saturated carbocycles. The van der Waals surface area contributed by atoms with Crippen LogP contribution in [0.1, 0.15) is 53.4 Å². The van der Waals surface area contributed by atoms with Crippen LogP contribution in [-0.4, -0.2) is 24.1 Å². The van der Waals surface area contributed by atoms with Gasteiger partial charge in [-0.2, -0.15) is 0 Å². The fourth-order valence-corrected chi connectivity index (χ4v) is 1.68. The number of hydrogen-bond acceptors (Lipinski definition) is 4. The molecule has 0 aliphatic rings. The fourth-order valence-electron chi connectivity index (χ4n) is 1.68. The molecule has 0 amide bonds. The lowest BCUT2D eigenvalue weighted by Gasteiger charge is -2.12. The van der Waals surface area contributed by atoms with Crippen molar-refractivity contribution in [1.29, 1.82) is 0 Å². The van der Waals surface area contributed by atoms with Crippen molar-refractivity contribution in [2.75, 3.05) is 0 Å². The summed E-state index contributed by atoms with van der Waals surface area (Å²) in [6, 6.07) is 0. The maximum absolute atomic E-state index is 11.3. The topological polar surface area (TPSA) is 60.4 Å². The molecule has 4 nitrogen and oxygen atoms in total. The number of carbonyl (C=O) groups is 3. The smallest absolute Gasteiger partial charge is 0.303 e. The lowest BCUT2D eigenvalue weighted by Crippen LogP contribution is -2.23. The Morgan fingerprint density at radius 3 is 2.32 bits per heavy atom. The summed E-state index contributed by atoms with van der Waals surface area (Å²) < 4.78 is 4.94. The van der Waals surface area contributed by atoms with E-state index < -0.39 is 12.1 Å². The van der Waals surface area contributed by atoms with E-state index >= 15 is 0 Å². The highest BCUT2D eigenvalue weighted by Crippen LogP contribution is 2.13. The summed E-state index contributed by atoms with van der Waals surface area (Å²) >= 11 is 0. The summed E-state index contributed by atoms with van der Waals surface area (Å²) in [4.78, 5) is 32.6. The molecule has 0 N–H and O–H groups in total. The number of ether oxygens (including phenoxy) is 1. The number of esters is 1. The van der Waals surface area contributed by atoms with Crippen LogP contribution in [0.2, 0.25) is 0 Å². The molecule has 2 atom stereocenters. The highest BCUT2D eigenvalue weighted by Gasteiger charge is 2.15. The molecule has 108 valence electrons. The Morgan fingerprint density at radius 1 is 1.21 bits per heavy atom. The maximum atomic E-state index is 11.3. The third kappa shape index (κ3) is 9.17. The Labute approximate surface area is 115 Å². The summed E-state index contributed by atoms with van der Waals surface area (Å²) in [6.07, 6.45) is 5.34. The zero-order valence-electron chi connectivity index (χ0n) is 12.3. The van der Waals surface area contributed by atoms with Crippen LogP contribution in [0.25, 0.3) is 0 Å². The third-order valence-corrected chi connectivity index (χ3v) is 2.90. The lowest BCUT2D eigenvalue weighted by molar-refractivity contribution is -0.152. The van der Waals surface area contributed by atoms with Crippen LogP contribution in [0.3, 0.4) is 0 Å². The Bertz CT molecular complexity index is 344. The van der Waals surface area contributed by atoms with Gasteiger partial charge in [0.05, 0.1) is 0 Å². The van der Waals surface area contributed by atoms with E-state index in [1.165, 1.54) is 13.8 Å². The van der Waals surface area contributed by atoms with Gasteiger partial charge in [-0.25, -0.2) is 0 Å². The molecule has 19 heavy (non-hydrogen) atoms. The quantitative estimate of drug-likeness (QED) is 0.366. The van der Waals surface area contributed by atoms with Crippen LogP contribution in [0.4, 0.5) is 0 Å². The van der Waals surface area contributed by atoms with E-state index in [2.05, 4.69) is 0 Å². The zero-order chi connectivity index (χ0) is 14.8. The van der Waals surface area contributed by atoms with Gasteiger partial charge in [0.2, 0.25) is 0 Å². The number of allylic oxidation sites excluding steroid dienone is 1. The van der Waals surface area contributed by atoms with Crippen molar-refractivity contribution in [2.45, 2.75) is 59.5 Å². The Balaban J connectivity index is 4.15. The van der Waals surface area contributed by atoms with E-state index in [-0.39, 0.29) is 11.7 Å². The normalized spacial score (nSPS) is 14.6. The SMILES string of the molecule is CC(=O)OC(CC=C(C)CCCC(C)C=O)C(C)=O. The highest BCUT2D eigenvalue weighted by molar-refractivity contribution is 5.83. The first-order chi connectivity index (χ1) is 8.86. The standard InChI is InChI=1S/C15H24O4/c1-11(6-5-7-12(2)10-16)8-9-15(13(3)17)19-14(4)18/h8,10,12,15H,5-7,9H2,1-4H3. The molecule has 0 aromatic heterocycles. The molecule has 0 bridgehead atoms. The first-order valence-electron chi connectivity index (χ1n) is 6.65. The minimum absolute atomic E-state index is 0.0961. The van der Waals surface area contributed by atoms with Crippen molar-refractivity contribution in [3.05, 3.63) is 11.6 Å². The molecule has 0 aromatic rings. The molecular formula is C15H24O4. The number of Topliss-reactive ketones (excluding diaryl/α,β-unsaturated/α-hetero) is 1. The van der Waals surface area contributed by atoms with Crippen molar-refractivity contribution < 1.29 is 19.1 Å². The summed E-state index contributed by atoms with van der Waals surface area (Å²) in [5.41, 5.74) is 1.15. The van der Waals surface area contributed by atoms with Gasteiger partial charge in [-0.05, 0) is 33.1 Å². The minimum Gasteiger partial charge on any atom is -0.454 e. The van der Waals surface area contributed by atoms with Gasteiger partial charge < -0.3 is 9.53 Å². The molecule has 0 spiro atoms. The van der Waals surface area contributed by atoms with Gasteiger partial charge in [-0.3, -0.25) is 9.59 Å². The van der Waals surface area contributed by atoms with Crippen LogP contribution in [0, 0.1) is 5.92 Å². The third-order valence-electron chi connectivity index (χ3n) is 2.90. The van der Waals surface area contributed by atoms with E-state index in [1.807, 2.05) is 19.9 Å². The zero-order valence-corrected chi connectivity index (χ0v) is 12.3. The molecule has 2 unspecified atom stereocenters. The van der Waals surface area contributed by atoms with Crippen molar-refractivity contribution >= 4 is 18.0 Å². The first-order valence-corrected chi connectivity index (χ1v) is 6.65. The molecule has 0 heterocycles. The van der Waals surface area contributed by atoms with E-state index in [0.29, 0.717) is 6.42 Å². The molecule has 0 aromatic carbocycles. The Kier molecular flexibility index (Phi) is 8.75. The number of aldehydes is 1. The summed E-state index contributed by atoms with van der Waals surface area (Å²) in [6.45, 7) is 6.60. The first kappa shape index (κ1) is 17.6. The lowest BCUT2D eigenvalue weighted by atomic mass is 10.0. The number of carbonyl (C=O) groups excluding carboxylic acids is 3. The number of rotatable bonds is 9. The minimum atomic E-state index is -0.679. The van der Waals surface area contributed by atoms with Gasteiger partial charge in [0, 0.05) is 19.3 Å². The average molecular weight is 268 g/mol. The number of ketones is 1. The summed E-state index contributed by atoms with van der Waals surface area (Å²) in [7, 11) is 0. The van der Waals surface area contributed by atoms with Crippen molar-refractivity contribution in [2.24, 2.45) is 5.92 Å². The maximum Gasteiger partial charge on any atom is 0.303 e. The number of hydrogen-bond donors (Lipinski definition) is 0. The molecular weight excluding hydrogens is 244 g/mol. The van der Waals surface area contributed by atoms with Gasteiger partial charge in [0.1, 0.15) is 6.29 Å². The van der Waals surface area contributed by atoms with Crippen molar-refractivity contribution in [3.63, 3.8) is 0 Å². The van der Waals surface area contributed by atoms with Gasteiger partial charge >= 0.3 is 5.97 Å². The van der Waals surface area contributed by atoms with Crippen LogP contribution in [-0.2, 0) is 19.1 Å². The Morgan fingerprint density at radius 2 is 1.84 bits per heavy atom. The van der Waals surface area contributed by atoms with E-state index in [0.717, 1.165) is 31.1 Å². The van der Waals surface area contributed by atoms with Gasteiger partial charge in [0.15, 0.2) is 11.9 Å². The molecule has 0 saturated heterocycles. The van der Waals surface area contributed by atoms with Gasteiger partial charge in [-0.15, -0.1) is 0 Å². The molecule has 4 heteroatoms. The molecule has 0 aliphatic carbocycles. The summed E-state index contributed by atoms with van der Waals surface area (Å²) in [5, 5.41) is 0. The predicted octanol–water partition coefficient (Wildman–Crippen LogP) is 2.85. The van der Waals surface area contributed by atoms with Crippen LogP contribution in [0.15, 0.2) is 11.6 Å². The van der Waals surface area contributed by atoms with Crippen molar-refractivity contribution in [1.82, 2.24) is 0 Å². The fraction of sp³-hybridized carbons (Fsp3) is 0.667. The second-order valence-electron chi connectivity index (χ2n) is 5.00. The second kappa shape index (κ2) is 9.48. The predicted molar refractivity (Wildman–Crippen MR) is 73.7 cm³/mol. The van der Waals surface area contributed by atoms with Crippen LogP contribution >= 0.6 is 0 Å². The Hall–Kier alpha value is -1.45. The highest BCUT2D eigenvalue weighted by atomic mass is 16.5. The van der Waals surface area contributed by atoms with E-state index in [4.69, 9.17) is 4.74 Å². The second-order valence-corrected chi connectivity index (χ2v) is 5.00.